The lowest BCUT2D eigenvalue weighted by Crippen LogP contribution is -2.61. The van der Waals surface area contributed by atoms with Crippen LogP contribution < -0.4 is 26.4 Å². The average Bonchev–Trinajstić information content (AvgIpc) is 3.86. The smallest absolute Gasteiger partial charge is 0.297 e. The Hall–Kier alpha value is -4.70. The molecule has 2 bridgehead atoms. The van der Waals surface area contributed by atoms with Crippen molar-refractivity contribution in [2.24, 2.45) is 0 Å². The van der Waals surface area contributed by atoms with Gasteiger partial charge in [0, 0.05) is 33.8 Å². The zero-order chi connectivity index (χ0) is 48.4. The van der Waals surface area contributed by atoms with Gasteiger partial charge >= 0.3 is 0 Å². The predicted octanol–water partition coefficient (Wildman–Crippen LogP) is 15.8. The Labute approximate surface area is 409 Å². The van der Waals surface area contributed by atoms with E-state index in [-0.39, 0.29) is 50.0 Å². The molecule has 0 saturated heterocycles. The number of fused-ring (bicyclic) bond motifs is 13. The number of benzene rings is 5. The van der Waals surface area contributed by atoms with Crippen LogP contribution in [0.2, 0.25) is 0 Å². The Balaban J connectivity index is 1.22. The van der Waals surface area contributed by atoms with Gasteiger partial charge in [-0.15, -0.1) is 0 Å². The first kappa shape index (κ1) is 44.5. The van der Waals surface area contributed by atoms with Gasteiger partial charge in [-0.25, -0.2) is 0 Å². The van der Waals surface area contributed by atoms with Crippen LogP contribution in [0.4, 0.5) is 34.1 Å². The van der Waals surface area contributed by atoms with Crippen molar-refractivity contribution in [3.63, 3.8) is 0 Å². The summed E-state index contributed by atoms with van der Waals surface area (Å²) in [6.45, 7) is 41.3. The van der Waals surface area contributed by atoms with Crippen molar-refractivity contribution in [3.8, 4) is 0 Å². The molecule has 6 aromatic rings. The number of furan rings is 1. The van der Waals surface area contributed by atoms with Gasteiger partial charge in [0.1, 0.15) is 5.58 Å². The van der Waals surface area contributed by atoms with Crippen molar-refractivity contribution in [1.82, 2.24) is 0 Å². The molecule has 1 fully saturated rings. The lowest BCUT2D eigenvalue weighted by Gasteiger charge is -2.47. The Bertz CT molecular complexity index is 3160. The molecule has 68 heavy (non-hydrogen) atoms. The summed E-state index contributed by atoms with van der Waals surface area (Å²) in [6.07, 6.45) is 8.44. The van der Waals surface area contributed by atoms with Crippen molar-refractivity contribution in [2.45, 2.75) is 206 Å². The SMILES string of the molecule is Cc1cc2c3c(c1)N(c1ccc4c(c1)C(C)(C)CCC4(C)C)c1c(oc4cc5c(cc14)C1(C)CCC5(C)C1)B3c1cc3c(cc1N2c1cc(C(C)(C)C)cc(C(C)(C)C)c1)C(C)(C)CCC3(C)C. The lowest BCUT2D eigenvalue weighted by atomic mass is 9.35. The zero-order valence-electron chi connectivity index (χ0n) is 44.8. The molecule has 0 amide bonds. The summed E-state index contributed by atoms with van der Waals surface area (Å²) in [5, 5.41) is 1.26. The second-order valence-electron chi connectivity index (χ2n) is 28.3. The maximum atomic E-state index is 7.72. The van der Waals surface area contributed by atoms with Crippen LogP contribution in [0.3, 0.4) is 0 Å². The Morgan fingerprint density at radius 2 is 1.00 bits per heavy atom. The van der Waals surface area contributed by atoms with Crippen LogP contribution in [-0.2, 0) is 43.3 Å². The quantitative estimate of drug-likeness (QED) is 0.161. The fraction of sp³-hybridized carbons (Fsp3) is 0.500. The second-order valence-corrected chi connectivity index (χ2v) is 28.3. The summed E-state index contributed by atoms with van der Waals surface area (Å²) in [5.74, 6) is 0. The lowest BCUT2D eigenvalue weighted by molar-refractivity contribution is 0.332. The molecule has 0 N–H and O–H groups in total. The molecule has 2 unspecified atom stereocenters. The zero-order valence-corrected chi connectivity index (χ0v) is 44.8. The third kappa shape index (κ3) is 6.09. The largest absolute Gasteiger partial charge is 0.468 e. The fourth-order valence-electron chi connectivity index (χ4n) is 14.6. The Morgan fingerprint density at radius 1 is 0.485 bits per heavy atom. The maximum Gasteiger partial charge on any atom is 0.297 e. The summed E-state index contributed by atoms with van der Waals surface area (Å²) in [4.78, 5) is 5.37. The fourth-order valence-corrected chi connectivity index (χ4v) is 14.6. The highest BCUT2D eigenvalue weighted by Crippen LogP contribution is 2.62. The normalized spacial score (nSPS) is 24.3. The third-order valence-electron chi connectivity index (χ3n) is 19.2. The average molecular weight is 901 g/mol. The van der Waals surface area contributed by atoms with E-state index in [4.69, 9.17) is 4.42 Å². The molecular formula is C64H77BN2O. The van der Waals surface area contributed by atoms with Gasteiger partial charge in [0.15, 0.2) is 0 Å². The molecule has 6 aliphatic rings. The first-order chi connectivity index (χ1) is 31.5. The summed E-state index contributed by atoms with van der Waals surface area (Å²) in [7, 11) is 0. The number of nitrogens with zero attached hydrogens (tertiary/aromatic N) is 2. The Morgan fingerprint density at radius 3 is 1.57 bits per heavy atom. The highest BCUT2D eigenvalue weighted by Gasteiger charge is 2.55. The summed E-state index contributed by atoms with van der Waals surface area (Å²) < 4.78 is 7.72. The molecule has 3 heterocycles. The molecule has 12 rings (SSSR count). The second kappa shape index (κ2) is 13.4. The van der Waals surface area contributed by atoms with Gasteiger partial charge in [-0.05, 0) is 211 Å². The van der Waals surface area contributed by atoms with Crippen LogP contribution in [0.15, 0.2) is 77.2 Å². The number of aryl methyl sites for hydroxylation is 1. The van der Waals surface area contributed by atoms with E-state index < -0.39 is 0 Å². The monoisotopic (exact) mass is 901 g/mol. The minimum atomic E-state index is -0.0877. The highest BCUT2D eigenvalue weighted by atomic mass is 16.3. The van der Waals surface area contributed by atoms with Crippen molar-refractivity contribution in [1.29, 1.82) is 0 Å². The van der Waals surface area contributed by atoms with Crippen LogP contribution in [0, 0.1) is 6.92 Å². The van der Waals surface area contributed by atoms with E-state index >= 15 is 0 Å². The predicted molar refractivity (Wildman–Crippen MR) is 291 cm³/mol. The van der Waals surface area contributed by atoms with E-state index in [2.05, 4.69) is 200 Å². The van der Waals surface area contributed by atoms with Gasteiger partial charge in [0.2, 0.25) is 0 Å². The third-order valence-corrected chi connectivity index (χ3v) is 19.2. The molecule has 0 radical (unpaired) electrons. The van der Waals surface area contributed by atoms with E-state index in [1.165, 1.54) is 140 Å². The molecule has 4 aliphatic carbocycles. The van der Waals surface area contributed by atoms with Crippen molar-refractivity contribution < 1.29 is 4.42 Å². The molecule has 3 nitrogen and oxygen atoms in total. The van der Waals surface area contributed by atoms with Gasteiger partial charge in [-0.3, -0.25) is 0 Å². The number of rotatable bonds is 2. The van der Waals surface area contributed by atoms with E-state index in [0.717, 1.165) is 11.2 Å². The van der Waals surface area contributed by atoms with Gasteiger partial charge in [0.25, 0.3) is 6.71 Å². The minimum Gasteiger partial charge on any atom is -0.468 e. The molecule has 4 heteroatoms. The van der Waals surface area contributed by atoms with E-state index in [9.17, 15) is 0 Å². The molecular weight excluding hydrogens is 824 g/mol. The molecule has 352 valence electrons. The van der Waals surface area contributed by atoms with Crippen LogP contribution in [-0.4, -0.2) is 6.71 Å². The number of anilines is 6. The van der Waals surface area contributed by atoms with Gasteiger partial charge in [-0.1, -0.05) is 129 Å². The molecule has 2 aliphatic heterocycles. The summed E-state index contributed by atoms with van der Waals surface area (Å²) >= 11 is 0. The summed E-state index contributed by atoms with van der Waals surface area (Å²) in [6, 6.07) is 30.5. The molecule has 2 atom stereocenters. The highest BCUT2D eigenvalue weighted by molar-refractivity contribution is 7.00. The van der Waals surface area contributed by atoms with Crippen LogP contribution in [0.25, 0.3) is 11.0 Å². The summed E-state index contributed by atoms with van der Waals surface area (Å²) in [5.41, 5.74) is 26.1. The minimum absolute atomic E-state index is 0.0340. The first-order valence-electron chi connectivity index (χ1n) is 26.4. The van der Waals surface area contributed by atoms with Crippen molar-refractivity contribution >= 4 is 68.4 Å². The number of hydrogen-bond donors (Lipinski definition) is 0. The van der Waals surface area contributed by atoms with Gasteiger partial charge in [-0.2, -0.15) is 0 Å². The van der Waals surface area contributed by atoms with Crippen molar-refractivity contribution in [2.75, 3.05) is 9.80 Å². The van der Waals surface area contributed by atoms with E-state index in [1.54, 1.807) is 5.56 Å². The molecule has 1 aromatic heterocycles. The van der Waals surface area contributed by atoms with Gasteiger partial charge < -0.3 is 14.2 Å². The number of hydrogen-bond acceptors (Lipinski definition) is 3. The molecule has 0 spiro atoms. The first-order valence-corrected chi connectivity index (χ1v) is 26.4. The van der Waals surface area contributed by atoms with E-state index in [1.807, 2.05) is 0 Å². The van der Waals surface area contributed by atoms with Crippen LogP contribution >= 0.6 is 0 Å². The molecule has 1 saturated carbocycles. The standard InChI is InChI=1S/C64H77BN2O/c1-37-26-51-54-52(27-37)67(40-18-19-43-44(31-40)60(10,11)21-20-59(43,8)9)55-42-32-47-48(64(17)25-24-63(47,16)36-64)35-53(42)68-56(55)65(54)49-33-45-46(62(14,15)23-22-61(45,12)13)34-50(49)66(51)41-29-38(57(2,3)4)28-39(30-41)58(5,6)7/h18-19,26-35H,20-25,36H2,1-17H3. The van der Waals surface area contributed by atoms with E-state index in [0.29, 0.717) is 0 Å². The maximum absolute atomic E-state index is 7.72. The molecule has 5 aromatic carbocycles. The topological polar surface area (TPSA) is 19.6 Å². The van der Waals surface area contributed by atoms with Gasteiger partial charge in [0.05, 0.1) is 11.3 Å². The van der Waals surface area contributed by atoms with Crippen LogP contribution in [0.5, 0.6) is 0 Å². The van der Waals surface area contributed by atoms with Crippen molar-refractivity contribution in [3.05, 3.63) is 123 Å². The Kier molecular flexibility index (Phi) is 8.76. The van der Waals surface area contributed by atoms with Crippen LogP contribution in [0.1, 0.15) is 206 Å².